The Balaban J connectivity index is 4.41. The number of aliphatic carboxylic acids is 1. The van der Waals surface area contributed by atoms with E-state index in [1.54, 1.807) is 0 Å². The van der Waals surface area contributed by atoms with Crippen LogP contribution >= 0.6 is 7.82 Å². The van der Waals surface area contributed by atoms with E-state index in [0.29, 0.717) is 12.8 Å². The van der Waals surface area contributed by atoms with E-state index in [1.807, 2.05) is 0 Å². The van der Waals surface area contributed by atoms with Gasteiger partial charge in [-0.3, -0.25) is 23.4 Å². The number of ether oxygens (including phenoxy) is 2. The molecule has 0 aromatic heterocycles. The Labute approximate surface area is 290 Å². The Bertz CT molecular complexity index is 885. The molecule has 0 spiro atoms. The van der Waals surface area contributed by atoms with Crippen LogP contribution in [0, 0.1) is 0 Å². The van der Waals surface area contributed by atoms with Crippen LogP contribution in [-0.2, 0) is 37.5 Å². The lowest BCUT2D eigenvalue weighted by molar-refractivity contribution is -0.161. The third kappa shape index (κ3) is 31.5. The van der Waals surface area contributed by atoms with Crippen LogP contribution in [0.15, 0.2) is 12.2 Å². The van der Waals surface area contributed by atoms with Gasteiger partial charge < -0.3 is 25.2 Å². The normalized spacial score (nSPS) is 14.1. The lowest BCUT2D eigenvalue weighted by Gasteiger charge is -2.20. The second-order valence-electron chi connectivity index (χ2n) is 12.7. The molecule has 0 heterocycles. The maximum atomic E-state index is 12.5. The highest BCUT2D eigenvalue weighted by Crippen LogP contribution is 2.43. The smallest absolute Gasteiger partial charge is 0.472 e. The van der Waals surface area contributed by atoms with Gasteiger partial charge in [-0.05, 0) is 38.5 Å². The van der Waals surface area contributed by atoms with Crippen molar-refractivity contribution in [1.29, 1.82) is 0 Å². The number of unbranched alkanes of at least 4 members (excludes halogenated alkanes) is 19. The van der Waals surface area contributed by atoms with Crippen molar-refractivity contribution in [2.45, 2.75) is 180 Å². The summed E-state index contributed by atoms with van der Waals surface area (Å²) < 4.78 is 32.5. The van der Waals surface area contributed by atoms with Crippen molar-refractivity contribution in [1.82, 2.24) is 0 Å². The molecule has 0 bridgehead atoms. The molecule has 0 aromatic rings. The predicted octanol–water partition coefficient (Wildman–Crippen LogP) is 8.95. The van der Waals surface area contributed by atoms with Crippen LogP contribution in [0.2, 0.25) is 0 Å². The molecule has 3 atom stereocenters. The zero-order valence-corrected chi connectivity index (χ0v) is 31.0. The quantitative estimate of drug-likeness (QED) is 0.0249. The molecule has 0 radical (unpaired) electrons. The maximum absolute atomic E-state index is 12.5. The molecule has 0 aliphatic rings. The fourth-order valence-corrected chi connectivity index (χ4v) is 5.78. The van der Waals surface area contributed by atoms with Crippen molar-refractivity contribution in [2.24, 2.45) is 5.73 Å². The number of nitrogens with two attached hydrogens (primary N) is 1. The largest absolute Gasteiger partial charge is 0.480 e. The van der Waals surface area contributed by atoms with Crippen LogP contribution in [0.1, 0.15) is 168 Å². The third-order valence-electron chi connectivity index (χ3n) is 8.01. The monoisotopic (exact) mass is 705 g/mol. The number of carboxylic acids is 1. The van der Waals surface area contributed by atoms with E-state index in [-0.39, 0.29) is 19.4 Å². The first-order valence-corrected chi connectivity index (χ1v) is 20.2. The lowest BCUT2D eigenvalue weighted by Crippen LogP contribution is -2.34. The minimum Gasteiger partial charge on any atom is -0.480 e. The van der Waals surface area contributed by atoms with Crippen molar-refractivity contribution in [3.05, 3.63) is 12.2 Å². The molecule has 4 N–H and O–H groups in total. The highest BCUT2D eigenvalue weighted by Gasteiger charge is 2.28. The first kappa shape index (κ1) is 46.2. The minimum atomic E-state index is -4.70. The van der Waals surface area contributed by atoms with Crippen LogP contribution in [0.3, 0.4) is 0 Å². The summed E-state index contributed by atoms with van der Waals surface area (Å²) in [6.07, 6.45) is 28.6. The molecule has 0 aromatic carbocycles. The van der Waals surface area contributed by atoms with Gasteiger partial charge in [0.25, 0.3) is 0 Å². The number of phosphoric acid groups is 1. The number of esters is 2. The molecule has 0 saturated carbocycles. The van der Waals surface area contributed by atoms with Gasteiger partial charge in [0.1, 0.15) is 12.6 Å². The zero-order chi connectivity index (χ0) is 35.7. The Kier molecular flexibility index (Phi) is 31.2. The summed E-state index contributed by atoms with van der Waals surface area (Å²) in [5.74, 6) is -2.39. The van der Waals surface area contributed by atoms with Crippen LogP contribution in [0.4, 0.5) is 0 Å². The molecule has 11 nitrogen and oxygen atoms in total. The van der Waals surface area contributed by atoms with E-state index < -0.39 is 51.1 Å². The zero-order valence-electron chi connectivity index (χ0n) is 30.1. The van der Waals surface area contributed by atoms with Gasteiger partial charge in [0.05, 0.1) is 13.2 Å². The molecule has 0 fully saturated rings. The number of allylic oxidation sites excluding steroid dienone is 2. The Hall–Kier alpha value is -1.78. The van der Waals surface area contributed by atoms with Crippen LogP contribution in [0.5, 0.6) is 0 Å². The molecular weight excluding hydrogens is 637 g/mol. The molecule has 0 aliphatic heterocycles. The second-order valence-corrected chi connectivity index (χ2v) is 14.2. The molecule has 0 saturated heterocycles. The van der Waals surface area contributed by atoms with Gasteiger partial charge in [-0.25, -0.2) is 4.57 Å². The van der Waals surface area contributed by atoms with Gasteiger partial charge >= 0.3 is 25.7 Å². The molecule has 48 heavy (non-hydrogen) atoms. The summed E-state index contributed by atoms with van der Waals surface area (Å²) in [7, 11) is -4.70. The van der Waals surface area contributed by atoms with Gasteiger partial charge in [0, 0.05) is 12.8 Å². The topological polar surface area (TPSA) is 172 Å². The van der Waals surface area contributed by atoms with E-state index in [1.165, 1.54) is 70.6 Å². The SMILES string of the molecule is CCCCCCCC/C=C/CCCCCCCC(=O)OC[C@@H](COP(=O)(O)OC[C@@H](N)C(=O)O)OC(=O)CCCCCCCCCCC. The fraction of sp³-hybridized carbons (Fsp3) is 0.861. The Morgan fingerprint density at radius 2 is 1.04 bits per heavy atom. The van der Waals surface area contributed by atoms with E-state index in [0.717, 1.165) is 57.8 Å². The lowest BCUT2D eigenvalue weighted by atomic mass is 10.1. The number of hydrogen-bond donors (Lipinski definition) is 3. The van der Waals surface area contributed by atoms with Crippen molar-refractivity contribution in [3.63, 3.8) is 0 Å². The number of hydrogen-bond acceptors (Lipinski definition) is 9. The van der Waals surface area contributed by atoms with Crippen molar-refractivity contribution in [2.75, 3.05) is 19.8 Å². The van der Waals surface area contributed by atoms with E-state index in [4.69, 9.17) is 24.8 Å². The van der Waals surface area contributed by atoms with Gasteiger partial charge in [0.15, 0.2) is 6.10 Å². The van der Waals surface area contributed by atoms with Crippen molar-refractivity contribution < 1.29 is 47.5 Å². The molecule has 282 valence electrons. The molecule has 12 heteroatoms. The second kappa shape index (κ2) is 32.4. The van der Waals surface area contributed by atoms with E-state index >= 15 is 0 Å². The summed E-state index contributed by atoms with van der Waals surface area (Å²) in [5, 5.41) is 8.84. The minimum absolute atomic E-state index is 0.163. The summed E-state index contributed by atoms with van der Waals surface area (Å²) in [4.78, 5) is 45.6. The number of carbonyl (C=O) groups excluding carboxylic acids is 2. The van der Waals surface area contributed by atoms with E-state index in [9.17, 15) is 23.8 Å². The highest BCUT2D eigenvalue weighted by molar-refractivity contribution is 7.47. The van der Waals surface area contributed by atoms with Crippen LogP contribution < -0.4 is 5.73 Å². The Morgan fingerprint density at radius 1 is 0.625 bits per heavy atom. The number of phosphoric ester groups is 1. The van der Waals surface area contributed by atoms with Crippen molar-refractivity contribution >= 4 is 25.7 Å². The predicted molar refractivity (Wildman–Crippen MR) is 189 cm³/mol. The maximum Gasteiger partial charge on any atom is 0.472 e. The molecule has 1 unspecified atom stereocenters. The molecule has 0 amide bonds. The highest BCUT2D eigenvalue weighted by atomic mass is 31.2. The third-order valence-corrected chi connectivity index (χ3v) is 8.96. The summed E-state index contributed by atoms with van der Waals surface area (Å²) in [6, 6.07) is -1.52. The molecule has 0 rings (SSSR count). The Morgan fingerprint density at radius 3 is 1.52 bits per heavy atom. The van der Waals surface area contributed by atoms with Gasteiger partial charge in [-0.15, -0.1) is 0 Å². The first-order chi connectivity index (χ1) is 23.1. The number of rotatable bonds is 35. The molecular formula is C36H68NO10P. The van der Waals surface area contributed by atoms with E-state index in [2.05, 4.69) is 30.5 Å². The van der Waals surface area contributed by atoms with Gasteiger partial charge in [0.2, 0.25) is 0 Å². The summed E-state index contributed by atoms with van der Waals surface area (Å²) in [6.45, 7) is 2.74. The fourth-order valence-electron chi connectivity index (χ4n) is 5.00. The number of carboxylic acid groups (broad SMARTS) is 1. The first-order valence-electron chi connectivity index (χ1n) is 18.7. The van der Waals surface area contributed by atoms with Crippen LogP contribution in [0.25, 0.3) is 0 Å². The number of carbonyl (C=O) groups is 3. The standard InChI is InChI=1S/C36H68NO10P/c1-3-5-7-9-11-13-14-15-16-17-18-20-21-23-25-27-34(38)44-29-32(30-45-48(42,43)46-31-33(37)36(40)41)47-35(39)28-26-24-22-19-12-10-8-6-4-2/h15-16,32-33H,3-14,17-31,37H2,1-2H3,(H,40,41)(H,42,43)/b16-15+/t32-,33+/m0/s1. The van der Waals surface area contributed by atoms with Gasteiger partial charge in [-0.1, -0.05) is 129 Å². The van der Waals surface area contributed by atoms with Crippen LogP contribution in [-0.4, -0.2) is 59.9 Å². The average Bonchev–Trinajstić information content (AvgIpc) is 3.05. The van der Waals surface area contributed by atoms with Crippen molar-refractivity contribution in [3.8, 4) is 0 Å². The molecule has 0 aliphatic carbocycles. The summed E-state index contributed by atoms with van der Waals surface area (Å²) >= 11 is 0. The van der Waals surface area contributed by atoms with Gasteiger partial charge in [-0.2, -0.15) is 0 Å². The average molecular weight is 706 g/mol. The summed E-state index contributed by atoms with van der Waals surface area (Å²) in [5.41, 5.74) is 5.30.